The first-order chi connectivity index (χ1) is 14.7. The summed E-state index contributed by atoms with van der Waals surface area (Å²) in [5, 5.41) is 3.08. The Bertz CT molecular complexity index is 792. The van der Waals surface area contributed by atoms with Gasteiger partial charge in [0.05, 0.1) is 39.3 Å². The Morgan fingerprint density at radius 2 is 1.60 bits per heavy atom. The summed E-state index contributed by atoms with van der Waals surface area (Å²) in [5.41, 5.74) is 3.58. The Labute approximate surface area is 180 Å². The first-order valence-corrected chi connectivity index (χ1v) is 11.5. The third-order valence-electron chi connectivity index (χ3n) is 6.68. The van der Waals surface area contributed by atoms with Crippen molar-refractivity contribution in [2.24, 2.45) is 5.92 Å². The van der Waals surface area contributed by atoms with E-state index < -0.39 is 0 Å². The van der Waals surface area contributed by atoms with Crippen LogP contribution in [0.5, 0.6) is 0 Å². The zero-order valence-corrected chi connectivity index (χ0v) is 18.2. The van der Waals surface area contributed by atoms with Gasteiger partial charge in [0.25, 0.3) is 5.91 Å². The number of carbonyl (C=O) groups is 1. The van der Waals surface area contributed by atoms with Crippen LogP contribution in [0.2, 0.25) is 0 Å². The average Bonchev–Trinajstić information content (AvgIpc) is 2.77. The van der Waals surface area contributed by atoms with Crippen molar-refractivity contribution >= 4 is 17.3 Å². The summed E-state index contributed by atoms with van der Waals surface area (Å²) >= 11 is 0. The first kappa shape index (κ1) is 20.9. The Kier molecular flexibility index (Phi) is 7.03. The van der Waals surface area contributed by atoms with Gasteiger partial charge in [0.1, 0.15) is 6.54 Å². The summed E-state index contributed by atoms with van der Waals surface area (Å²) in [6.45, 7) is 10.7. The molecule has 0 aromatic heterocycles. The third-order valence-corrected chi connectivity index (χ3v) is 6.68. The molecule has 2 heterocycles. The molecule has 0 bridgehead atoms. The van der Waals surface area contributed by atoms with Crippen LogP contribution in [0.4, 0.5) is 11.4 Å². The van der Waals surface area contributed by atoms with E-state index in [-0.39, 0.29) is 5.91 Å². The predicted octanol–water partition coefficient (Wildman–Crippen LogP) is 0.845. The Hall–Kier alpha value is -2.37. The molecular weight excluding hydrogens is 372 g/mol. The highest BCUT2D eigenvalue weighted by molar-refractivity contribution is 5.91. The maximum Gasteiger partial charge on any atom is 0.279 e. The number of quaternary nitrogens is 2. The minimum absolute atomic E-state index is 0.130. The second-order valence-electron chi connectivity index (χ2n) is 9.10. The molecule has 0 unspecified atom stereocenters. The zero-order chi connectivity index (χ0) is 20.8. The lowest BCUT2D eigenvalue weighted by molar-refractivity contribution is -0.914. The standard InChI is InChI=1S/C25H34N4O/c1-21-11-13-27(14-12-21)20-25(30)26-23-7-9-24(10-8-23)29-17-15-28(16-18-29)19-22-5-3-2-4-6-22/h2-10,21H,11-20H2,1H3,(H,26,30)/p+2. The first-order valence-electron chi connectivity index (χ1n) is 11.5. The summed E-state index contributed by atoms with van der Waals surface area (Å²) in [4.78, 5) is 17.9. The molecule has 0 spiro atoms. The van der Waals surface area contributed by atoms with Gasteiger partial charge in [-0.25, -0.2) is 0 Å². The maximum atomic E-state index is 12.4. The lowest BCUT2D eigenvalue weighted by Crippen LogP contribution is -3.14. The molecule has 2 aromatic carbocycles. The van der Waals surface area contributed by atoms with E-state index in [1.165, 1.54) is 29.0 Å². The lowest BCUT2D eigenvalue weighted by Gasteiger charge is -2.33. The van der Waals surface area contributed by atoms with Crippen LogP contribution in [0.1, 0.15) is 25.3 Å². The van der Waals surface area contributed by atoms with Gasteiger partial charge in [0.2, 0.25) is 0 Å². The second kappa shape index (κ2) is 10.1. The molecule has 2 aliphatic rings. The molecule has 0 atom stereocenters. The third kappa shape index (κ3) is 5.83. The molecule has 2 fully saturated rings. The molecule has 2 aliphatic heterocycles. The van der Waals surface area contributed by atoms with Gasteiger partial charge in [0.15, 0.2) is 6.54 Å². The van der Waals surface area contributed by atoms with E-state index >= 15 is 0 Å². The number of anilines is 2. The summed E-state index contributed by atoms with van der Waals surface area (Å²) in [7, 11) is 0. The molecule has 2 aromatic rings. The minimum Gasteiger partial charge on any atom is -0.360 e. The van der Waals surface area contributed by atoms with E-state index in [4.69, 9.17) is 0 Å². The van der Waals surface area contributed by atoms with Crippen molar-refractivity contribution in [3.63, 3.8) is 0 Å². The molecule has 4 rings (SSSR count). The highest BCUT2D eigenvalue weighted by atomic mass is 16.2. The number of hydrogen-bond acceptors (Lipinski definition) is 2. The van der Waals surface area contributed by atoms with Crippen molar-refractivity contribution in [2.45, 2.75) is 26.3 Å². The average molecular weight is 409 g/mol. The summed E-state index contributed by atoms with van der Waals surface area (Å²) in [6, 6.07) is 19.2. The van der Waals surface area contributed by atoms with E-state index in [9.17, 15) is 4.79 Å². The maximum absolute atomic E-state index is 12.4. The largest absolute Gasteiger partial charge is 0.360 e. The molecule has 5 heteroatoms. The van der Waals surface area contributed by atoms with Crippen LogP contribution in [-0.4, -0.2) is 51.7 Å². The van der Waals surface area contributed by atoms with Gasteiger partial charge < -0.3 is 20.0 Å². The van der Waals surface area contributed by atoms with E-state index in [0.717, 1.165) is 57.4 Å². The number of piperidine rings is 1. The van der Waals surface area contributed by atoms with E-state index in [2.05, 4.69) is 59.6 Å². The summed E-state index contributed by atoms with van der Waals surface area (Å²) in [5.74, 6) is 0.941. The van der Waals surface area contributed by atoms with Gasteiger partial charge in [-0.2, -0.15) is 0 Å². The number of nitrogens with zero attached hydrogens (tertiary/aromatic N) is 1. The SMILES string of the molecule is CC1CC[NH+](CC(=O)Nc2ccc(N3CC[NH+](Cc4ccccc4)CC3)cc2)CC1. The number of hydrogen-bond donors (Lipinski definition) is 3. The van der Waals surface area contributed by atoms with E-state index in [0.29, 0.717) is 6.54 Å². The van der Waals surface area contributed by atoms with Gasteiger partial charge in [-0.1, -0.05) is 37.3 Å². The van der Waals surface area contributed by atoms with Gasteiger partial charge in [-0.3, -0.25) is 4.79 Å². The quantitative estimate of drug-likeness (QED) is 0.663. The number of rotatable bonds is 6. The molecule has 0 radical (unpaired) electrons. The van der Waals surface area contributed by atoms with Gasteiger partial charge in [-0.05, 0) is 43.0 Å². The summed E-state index contributed by atoms with van der Waals surface area (Å²) < 4.78 is 0. The molecule has 160 valence electrons. The van der Waals surface area contributed by atoms with Gasteiger partial charge in [-0.15, -0.1) is 0 Å². The van der Waals surface area contributed by atoms with Crippen LogP contribution in [0.25, 0.3) is 0 Å². The van der Waals surface area contributed by atoms with Crippen LogP contribution in [0, 0.1) is 5.92 Å². The lowest BCUT2D eigenvalue weighted by atomic mass is 9.99. The van der Waals surface area contributed by atoms with Crippen molar-refractivity contribution in [3.8, 4) is 0 Å². The number of benzene rings is 2. The van der Waals surface area contributed by atoms with Crippen LogP contribution in [0.3, 0.4) is 0 Å². The molecule has 3 N–H and O–H groups in total. The van der Waals surface area contributed by atoms with Crippen LogP contribution < -0.4 is 20.0 Å². The second-order valence-corrected chi connectivity index (χ2v) is 9.10. The topological polar surface area (TPSA) is 41.2 Å². The fraction of sp³-hybridized carbons (Fsp3) is 0.480. The van der Waals surface area contributed by atoms with E-state index in [1.807, 2.05) is 12.1 Å². The monoisotopic (exact) mass is 408 g/mol. The Morgan fingerprint density at radius 3 is 2.27 bits per heavy atom. The molecule has 0 saturated carbocycles. The van der Waals surface area contributed by atoms with Crippen molar-refractivity contribution in [1.29, 1.82) is 0 Å². The normalized spacial score (nSPS) is 22.6. The van der Waals surface area contributed by atoms with Crippen molar-refractivity contribution in [2.75, 3.05) is 56.0 Å². The minimum atomic E-state index is 0.130. The fourth-order valence-electron chi connectivity index (χ4n) is 4.68. The highest BCUT2D eigenvalue weighted by Gasteiger charge is 2.22. The number of piperazine rings is 1. The molecule has 5 nitrogen and oxygen atoms in total. The van der Waals surface area contributed by atoms with Crippen LogP contribution in [-0.2, 0) is 11.3 Å². The zero-order valence-electron chi connectivity index (χ0n) is 18.2. The molecule has 1 amide bonds. The number of amides is 1. The van der Waals surface area contributed by atoms with Crippen molar-refractivity contribution in [1.82, 2.24) is 0 Å². The fourth-order valence-corrected chi connectivity index (χ4v) is 4.68. The number of carbonyl (C=O) groups excluding carboxylic acids is 1. The Balaban J connectivity index is 1.22. The van der Waals surface area contributed by atoms with Crippen LogP contribution >= 0.6 is 0 Å². The van der Waals surface area contributed by atoms with Crippen LogP contribution in [0.15, 0.2) is 54.6 Å². The predicted molar refractivity (Wildman–Crippen MR) is 122 cm³/mol. The molecule has 30 heavy (non-hydrogen) atoms. The molecule has 2 saturated heterocycles. The smallest absolute Gasteiger partial charge is 0.279 e. The highest BCUT2D eigenvalue weighted by Crippen LogP contribution is 2.18. The molecular formula is C25H36N4O+2. The van der Waals surface area contributed by atoms with Crippen molar-refractivity contribution < 1.29 is 14.6 Å². The summed E-state index contributed by atoms with van der Waals surface area (Å²) in [6.07, 6.45) is 2.47. The number of likely N-dealkylation sites (tertiary alicyclic amines) is 1. The van der Waals surface area contributed by atoms with Gasteiger partial charge >= 0.3 is 0 Å². The Morgan fingerprint density at radius 1 is 0.933 bits per heavy atom. The number of nitrogens with one attached hydrogen (secondary N) is 3. The van der Waals surface area contributed by atoms with Gasteiger partial charge in [0, 0.05) is 16.9 Å². The molecule has 0 aliphatic carbocycles. The van der Waals surface area contributed by atoms with Crippen molar-refractivity contribution in [3.05, 3.63) is 60.2 Å². The van der Waals surface area contributed by atoms with E-state index in [1.54, 1.807) is 4.90 Å².